The zero-order chi connectivity index (χ0) is 16.3. The summed E-state index contributed by atoms with van der Waals surface area (Å²) in [4.78, 5) is 24.1. The van der Waals surface area contributed by atoms with Crippen molar-refractivity contribution in [2.75, 3.05) is 13.2 Å². The van der Waals surface area contributed by atoms with Crippen LogP contribution in [0.5, 0.6) is 0 Å². The van der Waals surface area contributed by atoms with E-state index in [0.717, 1.165) is 11.0 Å². The Morgan fingerprint density at radius 3 is 2.52 bits per heavy atom. The Labute approximate surface area is 122 Å². The van der Waals surface area contributed by atoms with Crippen LogP contribution < -0.4 is 0 Å². The van der Waals surface area contributed by atoms with E-state index in [4.69, 9.17) is 4.74 Å². The van der Waals surface area contributed by atoms with Gasteiger partial charge in [-0.05, 0) is 27.7 Å². The SMILES string of the molecule is CCOC(=O)C=C[C@@H]1CC(F)(F)CN1C(=O)OC(C)(C)C. The Kier molecular flexibility index (Phi) is 5.31. The monoisotopic (exact) mass is 305 g/mol. The van der Waals surface area contributed by atoms with E-state index < -0.39 is 42.6 Å². The molecule has 1 fully saturated rings. The molecule has 0 unspecified atom stereocenters. The molecule has 1 aliphatic rings. The topological polar surface area (TPSA) is 55.8 Å². The maximum Gasteiger partial charge on any atom is 0.410 e. The molecular weight excluding hydrogens is 284 g/mol. The van der Waals surface area contributed by atoms with Gasteiger partial charge in [0.1, 0.15) is 5.60 Å². The average Bonchev–Trinajstić information content (AvgIpc) is 2.60. The number of halogens is 2. The number of ether oxygens (including phenoxy) is 2. The smallest absolute Gasteiger partial charge is 0.410 e. The molecule has 0 radical (unpaired) electrons. The van der Waals surface area contributed by atoms with Crippen LogP contribution in [0.2, 0.25) is 0 Å². The first kappa shape index (κ1) is 17.4. The van der Waals surface area contributed by atoms with Gasteiger partial charge in [-0.1, -0.05) is 6.08 Å². The molecule has 0 aromatic heterocycles. The third-order valence-electron chi connectivity index (χ3n) is 2.68. The van der Waals surface area contributed by atoms with Gasteiger partial charge in [-0.3, -0.25) is 4.90 Å². The summed E-state index contributed by atoms with van der Waals surface area (Å²) in [5.41, 5.74) is -0.773. The average molecular weight is 305 g/mol. The van der Waals surface area contributed by atoms with Crippen LogP contribution in [-0.2, 0) is 14.3 Å². The van der Waals surface area contributed by atoms with Gasteiger partial charge in [-0.25, -0.2) is 18.4 Å². The van der Waals surface area contributed by atoms with E-state index in [9.17, 15) is 18.4 Å². The molecule has 120 valence electrons. The molecule has 0 spiro atoms. The standard InChI is InChI=1S/C14H21F2NO4/c1-5-20-11(18)7-6-10-8-14(15,16)9-17(10)12(19)21-13(2,3)4/h6-7,10H,5,8-9H2,1-4H3/t10-/m1/s1. The van der Waals surface area contributed by atoms with Crippen LogP contribution in [0, 0.1) is 0 Å². The molecule has 1 amide bonds. The number of likely N-dealkylation sites (tertiary alicyclic amines) is 1. The van der Waals surface area contributed by atoms with Crippen molar-refractivity contribution in [2.45, 2.75) is 51.7 Å². The normalized spacial score (nSPS) is 21.6. The second kappa shape index (κ2) is 6.41. The molecule has 0 saturated carbocycles. The van der Waals surface area contributed by atoms with Crippen LogP contribution in [0.4, 0.5) is 13.6 Å². The van der Waals surface area contributed by atoms with E-state index >= 15 is 0 Å². The molecule has 0 aromatic carbocycles. The third-order valence-corrected chi connectivity index (χ3v) is 2.68. The molecule has 7 heteroatoms. The Morgan fingerprint density at radius 2 is 2.00 bits per heavy atom. The first-order valence-corrected chi connectivity index (χ1v) is 6.76. The Morgan fingerprint density at radius 1 is 1.38 bits per heavy atom. The molecule has 0 aliphatic carbocycles. The number of carbonyl (C=O) groups is 2. The van der Waals surface area contributed by atoms with E-state index in [2.05, 4.69) is 4.74 Å². The predicted octanol–water partition coefficient (Wildman–Crippen LogP) is 2.75. The summed E-state index contributed by atoms with van der Waals surface area (Å²) in [7, 11) is 0. The van der Waals surface area contributed by atoms with Gasteiger partial charge in [0.05, 0.1) is 19.2 Å². The van der Waals surface area contributed by atoms with Gasteiger partial charge < -0.3 is 9.47 Å². The van der Waals surface area contributed by atoms with Gasteiger partial charge in [0, 0.05) is 12.5 Å². The van der Waals surface area contributed by atoms with Crippen LogP contribution in [0.15, 0.2) is 12.2 Å². The number of alkyl halides is 2. The lowest BCUT2D eigenvalue weighted by Gasteiger charge is -2.26. The van der Waals surface area contributed by atoms with Crippen molar-refractivity contribution >= 4 is 12.1 Å². The van der Waals surface area contributed by atoms with Crippen LogP contribution >= 0.6 is 0 Å². The highest BCUT2D eigenvalue weighted by Gasteiger charge is 2.47. The number of nitrogens with zero attached hydrogens (tertiary/aromatic N) is 1. The zero-order valence-electron chi connectivity index (χ0n) is 12.7. The number of carbonyl (C=O) groups excluding carboxylic acids is 2. The fourth-order valence-electron chi connectivity index (χ4n) is 1.92. The van der Waals surface area contributed by atoms with Crippen LogP contribution in [-0.4, -0.2) is 47.7 Å². The molecule has 5 nitrogen and oxygen atoms in total. The van der Waals surface area contributed by atoms with Gasteiger partial charge >= 0.3 is 12.1 Å². The molecule has 1 saturated heterocycles. The lowest BCUT2D eigenvalue weighted by molar-refractivity contribution is -0.137. The first-order chi connectivity index (χ1) is 9.54. The molecule has 1 aliphatic heterocycles. The van der Waals surface area contributed by atoms with Gasteiger partial charge in [-0.2, -0.15) is 0 Å². The van der Waals surface area contributed by atoms with Crippen LogP contribution in [0.1, 0.15) is 34.1 Å². The fraction of sp³-hybridized carbons (Fsp3) is 0.714. The summed E-state index contributed by atoms with van der Waals surface area (Å²) < 4.78 is 36.8. The predicted molar refractivity (Wildman–Crippen MR) is 72.1 cm³/mol. The lowest BCUT2D eigenvalue weighted by Crippen LogP contribution is -2.40. The van der Waals surface area contributed by atoms with E-state index in [0.29, 0.717) is 0 Å². The molecule has 0 bridgehead atoms. The van der Waals surface area contributed by atoms with E-state index in [1.165, 1.54) is 6.08 Å². The van der Waals surface area contributed by atoms with Gasteiger partial charge in [-0.15, -0.1) is 0 Å². The lowest BCUT2D eigenvalue weighted by atomic mass is 10.2. The first-order valence-electron chi connectivity index (χ1n) is 6.76. The summed E-state index contributed by atoms with van der Waals surface area (Å²) in [5.74, 6) is -3.63. The molecular formula is C14H21F2NO4. The highest BCUT2D eigenvalue weighted by Crippen LogP contribution is 2.33. The van der Waals surface area contributed by atoms with Gasteiger partial charge in [0.25, 0.3) is 5.92 Å². The molecule has 0 N–H and O–H groups in total. The van der Waals surface area contributed by atoms with Crippen LogP contribution in [0.3, 0.4) is 0 Å². The summed E-state index contributed by atoms with van der Waals surface area (Å²) >= 11 is 0. The van der Waals surface area contributed by atoms with Crippen molar-refractivity contribution in [1.82, 2.24) is 4.90 Å². The number of rotatable bonds is 3. The van der Waals surface area contributed by atoms with Crippen molar-refractivity contribution in [2.24, 2.45) is 0 Å². The maximum atomic E-state index is 13.5. The third kappa shape index (κ3) is 5.69. The van der Waals surface area contributed by atoms with E-state index in [1.807, 2.05) is 0 Å². The minimum absolute atomic E-state index is 0.194. The maximum absolute atomic E-state index is 13.5. The van der Waals surface area contributed by atoms with Crippen molar-refractivity contribution in [1.29, 1.82) is 0 Å². The summed E-state index contributed by atoms with van der Waals surface area (Å²) in [6, 6.07) is -0.890. The second-order valence-electron chi connectivity index (χ2n) is 5.85. The quantitative estimate of drug-likeness (QED) is 0.594. The Hall–Kier alpha value is -1.66. The second-order valence-corrected chi connectivity index (χ2v) is 5.85. The molecule has 21 heavy (non-hydrogen) atoms. The molecule has 0 aromatic rings. The van der Waals surface area contributed by atoms with E-state index in [-0.39, 0.29) is 6.61 Å². The van der Waals surface area contributed by atoms with Gasteiger partial charge in [0.15, 0.2) is 0 Å². The van der Waals surface area contributed by atoms with E-state index in [1.54, 1.807) is 27.7 Å². The van der Waals surface area contributed by atoms with Crippen molar-refractivity contribution in [3.8, 4) is 0 Å². The number of hydrogen-bond donors (Lipinski definition) is 0. The molecule has 1 rings (SSSR count). The number of hydrogen-bond acceptors (Lipinski definition) is 4. The largest absolute Gasteiger partial charge is 0.463 e. The molecule has 1 heterocycles. The Bertz CT molecular complexity index is 429. The van der Waals surface area contributed by atoms with Crippen molar-refractivity contribution in [3.63, 3.8) is 0 Å². The van der Waals surface area contributed by atoms with Crippen molar-refractivity contribution in [3.05, 3.63) is 12.2 Å². The summed E-state index contributed by atoms with van der Waals surface area (Å²) in [6.07, 6.45) is 0.955. The molecule has 1 atom stereocenters. The fourth-order valence-corrected chi connectivity index (χ4v) is 1.92. The summed E-state index contributed by atoms with van der Waals surface area (Å²) in [6.45, 7) is 6.08. The highest BCUT2D eigenvalue weighted by atomic mass is 19.3. The minimum atomic E-state index is -3.00. The highest BCUT2D eigenvalue weighted by molar-refractivity contribution is 5.82. The number of amides is 1. The van der Waals surface area contributed by atoms with Crippen molar-refractivity contribution < 1.29 is 27.8 Å². The van der Waals surface area contributed by atoms with Gasteiger partial charge in [0.2, 0.25) is 0 Å². The Balaban J connectivity index is 2.79. The number of esters is 1. The van der Waals surface area contributed by atoms with Crippen LogP contribution in [0.25, 0.3) is 0 Å². The zero-order valence-corrected chi connectivity index (χ0v) is 12.7. The summed E-state index contributed by atoms with van der Waals surface area (Å²) in [5, 5.41) is 0. The minimum Gasteiger partial charge on any atom is -0.463 e.